The SMILES string of the molecule is NCCNc1nccc(-c2ccccc2Br)n1. The number of hydrogen-bond donors (Lipinski definition) is 2. The fourth-order valence-corrected chi connectivity index (χ4v) is 1.93. The predicted molar refractivity (Wildman–Crippen MR) is 72.7 cm³/mol. The van der Waals surface area contributed by atoms with E-state index in [1.807, 2.05) is 30.3 Å². The van der Waals surface area contributed by atoms with Crippen molar-refractivity contribution in [1.29, 1.82) is 0 Å². The zero-order chi connectivity index (χ0) is 12.1. The molecule has 0 bridgehead atoms. The zero-order valence-corrected chi connectivity index (χ0v) is 10.8. The van der Waals surface area contributed by atoms with Gasteiger partial charge in [-0.25, -0.2) is 9.97 Å². The number of nitrogens with zero attached hydrogens (tertiary/aromatic N) is 2. The molecule has 1 aromatic heterocycles. The predicted octanol–water partition coefficient (Wildman–Crippen LogP) is 2.28. The number of nitrogens with two attached hydrogens (primary N) is 1. The molecule has 0 aliphatic rings. The Kier molecular flexibility index (Phi) is 4.06. The summed E-state index contributed by atoms with van der Waals surface area (Å²) in [5, 5.41) is 3.06. The van der Waals surface area contributed by atoms with Crippen LogP contribution in [-0.2, 0) is 0 Å². The Bertz CT molecular complexity index is 501. The van der Waals surface area contributed by atoms with E-state index in [-0.39, 0.29) is 0 Å². The molecule has 0 aliphatic heterocycles. The van der Waals surface area contributed by atoms with Gasteiger partial charge < -0.3 is 11.1 Å². The van der Waals surface area contributed by atoms with Crippen molar-refractivity contribution in [3.63, 3.8) is 0 Å². The molecule has 0 amide bonds. The quantitative estimate of drug-likeness (QED) is 0.907. The summed E-state index contributed by atoms with van der Waals surface area (Å²) in [5.74, 6) is 0.601. The first kappa shape index (κ1) is 12.0. The number of benzene rings is 1. The highest BCUT2D eigenvalue weighted by Gasteiger charge is 2.04. The number of hydrogen-bond acceptors (Lipinski definition) is 4. The molecule has 0 saturated carbocycles. The Morgan fingerprint density at radius 3 is 2.82 bits per heavy atom. The lowest BCUT2D eigenvalue weighted by molar-refractivity contribution is 0.990. The molecule has 1 aromatic carbocycles. The van der Waals surface area contributed by atoms with E-state index in [2.05, 4.69) is 31.2 Å². The van der Waals surface area contributed by atoms with Crippen LogP contribution in [0.15, 0.2) is 41.0 Å². The van der Waals surface area contributed by atoms with Gasteiger partial charge in [0.2, 0.25) is 5.95 Å². The second kappa shape index (κ2) is 5.75. The Hall–Kier alpha value is -1.46. The number of aromatic nitrogens is 2. The Balaban J connectivity index is 2.30. The van der Waals surface area contributed by atoms with E-state index in [9.17, 15) is 0 Å². The highest BCUT2D eigenvalue weighted by Crippen LogP contribution is 2.26. The van der Waals surface area contributed by atoms with Crippen molar-refractivity contribution in [3.05, 3.63) is 41.0 Å². The normalized spacial score (nSPS) is 10.2. The molecule has 17 heavy (non-hydrogen) atoms. The van der Waals surface area contributed by atoms with E-state index in [0.717, 1.165) is 15.7 Å². The Labute approximate surface area is 108 Å². The molecule has 4 nitrogen and oxygen atoms in total. The van der Waals surface area contributed by atoms with Crippen LogP contribution in [-0.4, -0.2) is 23.1 Å². The maximum Gasteiger partial charge on any atom is 0.223 e. The van der Waals surface area contributed by atoms with Crippen molar-refractivity contribution in [2.45, 2.75) is 0 Å². The largest absolute Gasteiger partial charge is 0.353 e. The molecule has 88 valence electrons. The number of anilines is 1. The summed E-state index contributed by atoms with van der Waals surface area (Å²) in [6, 6.07) is 9.84. The summed E-state index contributed by atoms with van der Waals surface area (Å²) in [6.45, 7) is 1.22. The Morgan fingerprint density at radius 2 is 2.06 bits per heavy atom. The number of nitrogens with one attached hydrogen (secondary N) is 1. The van der Waals surface area contributed by atoms with Gasteiger partial charge in [0.25, 0.3) is 0 Å². The van der Waals surface area contributed by atoms with Gasteiger partial charge in [-0.05, 0) is 12.1 Å². The Morgan fingerprint density at radius 1 is 1.24 bits per heavy atom. The molecule has 2 rings (SSSR count). The molecule has 0 fully saturated rings. The van der Waals surface area contributed by atoms with Crippen LogP contribution in [0.1, 0.15) is 0 Å². The lowest BCUT2D eigenvalue weighted by Gasteiger charge is -2.06. The molecule has 2 aromatic rings. The molecule has 1 heterocycles. The third-order valence-corrected chi connectivity index (χ3v) is 2.92. The van der Waals surface area contributed by atoms with Crippen LogP contribution in [0.4, 0.5) is 5.95 Å². The summed E-state index contributed by atoms with van der Waals surface area (Å²) in [5.41, 5.74) is 7.35. The van der Waals surface area contributed by atoms with Crippen LogP contribution in [0.25, 0.3) is 11.3 Å². The molecular formula is C12H13BrN4. The third-order valence-electron chi connectivity index (χ3n) is 2.23. The topological polar surface area (TPSA) is 63.8 Å². The number of halogens is 1. The molecular weight excluding hydrogens is 280 g/mol. The van der Waals surface area contributed by atoms with Gasteiger partial charge in [-0.15, -0.1) is 0 Å². The van der Waals surface area contributed by atoms with Gasteiger partial charge in [0.1, 0.15) is 0 Å². The van der Waals surface area contributed by atoms with Crippen LogP contribution < -0.4 is 11.1 Å². The van der Waals surface area contributed by atoms with Crippen LogP contribution in [0.5, 0.6) is 0 Å². The molecule has 0 spiro atoms. The van der Waals surface area contributed by atoms with Crippen molar-refractivity contribution in [2.24, 2.45) is 5.73 Å². The first-order valence-electron chi connectivity index (χ1n) is 5.33. The van der Waals surface area contributed by atoms with Crippen molar-refractivity contribution in [2.75, 3.05) is 18.4 Å². The first-order valence-corrected chi connectivity index (χ1v) is 6.12. The summed E-state index contributed by atoms with van der Waals surface area (Å²) < 4.78 is 1.02. The van der Waals surface area contributed by atoms with E-state index < -0.39 is 0 Å². The van der Waals surface area contributed by atoms with Crippen molar-refractivity contribution in [1.82, 2.24) is 9.97 Å². The first-order chi connectivity index (χ1) is 8.31. The standard InChI is InChI=1S/C12H13BrN4/c13-10-4-2-1-3-9(10)11-5-7-15-12(17-11)16-8-6-14/h1-5,7H,6,8,14H2,(H,15,16,17). The number of rotatable bonds is 4. The smallest absolute Gasteiger partial charge is 0.223 e. The highest BCUT2D eigenvalue weighted by molar-refractivity contribution is 9.10. The van der Waals surface area contributed by atoms with Gasteiger partial charge >= 0.3 is 0 Å². The average Bonchev–Trinajstić information content (AvgIpc) is 2.37. The van der Waals surface area contributed by atoms with E-state index in [4.69, 9.17) is 5.73 Å². The van der Waals surface area contributed by atoms with Crippen molar-refractivity contribution < 1.29 is 0 Å². The minimum absolute atomic E-state index is 0.558. The zero-order valence-electron chi connectivity index (χ0n) is 9.23. The van der Waals surface area contributed by atoms with Crippen LogP contribution in [0, 0.1) is 0 Å². The van der Waals surface area contributed by atoms with E-state index in [1.165, 1.54) is 0 Å². The molecule has 0 saturated heterocycles. The summed E-state index contributed by atoms with van der Waals surface area (Å²) in [4.78, 5) is 8.57. The fraction of sp³-hybridized carbons (Fsp3) is 0.167. The second-order valence-electron chi connectivity index (χ2n) is 3.46. The van der Waals surface area contributed by atoms with Gasteiger partial charge in [0.15, 0.2) is 0 Å². The molecule has 0 aliphatic carbocycles. The second-order valence-corrected chi connectivity index (χ2v) is 4.32. The van der Waals surface area contributed by atoms with Gasteiger partial charge in [0, 0.05) is 29.3 Å². The van der Waals surface area contributed by atoms with E-state index >= 15 is 0 Å². The average molecular weight is 293 g/mol. The maximum atomic E-state index is 5.42. The minimum atomic E-state index is 0.558. The lowest BCUT2D eigenvalue weighted by atomic mass is 10.1. The van der Waals surface area contributed by atoms with Crippen LogP contribution >= 0.6 is 15.9 Å². The molecule has 0 radical (unpaired) electrons. The van der Waals surface area contributed by atoms with Crippen molar-refractivity contribution in [3.8, 4) is 11.3 Å². The summed E-state index contributed by atoms with van der Waals surface area (Å²) in [6.07, 6.45) is 1.74. The summed E-state index contributed by atoms with van der Waals surface area (Å²) >= 11 is 3.51. The van der Waals surface area contributed by atoms with Gasteiger partial charge in [-0.2, -0.15) is 0 Å². The van der Waals surface area contributed by atoms with Gasteiger partial charge in [-0.3, -0.25) is 0 Å². The minimum Gasteiger partial charge on any atom is -0.353 e. The van der Waals surface area contributed by atoms with E-state index in [1.54, 1.807) is 6.20 Å². The van der Waals surface area contributed by atoms with Crippen molar-refractivity contribution >= 4 is 21.9 Å². The molecule has 5 heteroatoms. The maximum absolute atomic E-state index is 5.42. The van der Waals surface area contributed by atoms with E-state index in [0.29, 0.717) is 19.0 Å². The molecule has 0 unspecified atom stereocenters. The fourth-order valence-electron chi connectivity index (χ4n) is 1.45. The molecule has 3 N–H and O–H groups in total. The molecule has 0 atom stereocenters. The third kappa shape index (κ3) is 3.01. The monoisotopic (exact) mass is 292 g/mol. The van der Waals surface area contributed by atoms with Gasteiger partial charge in [0.05, 0.1) is 5.69 Å². The van der Waals surface area contributed by atoms with Crippen LogP contribution in [0.2, 0.25) is 0 Å². The summed E-state index contributed by atoms with van der Waals surface area (Å²) in [7, 11) is 0. The van der Waals surface area contributed by atoms with Gasteiger partial charge in [-0.1, -0.05) is 34.1 Å². The van der Waals surface area contributed by atoms with Crippen LogP contribution in [0.3, 0.4) is 0 Å². The highest BCUT2D eigenvalue weighted by atomic mass is 79.9. The lowest BCUT2D eigenvalue weighted by Crippen LogP contribution is -2.14.